The molecule has 0 unspecified atom stereocenters. The zero-order chi connectivity index (χ0) is 12.3. The molecule has 0 radical (unpaired) electrons. The monoisotopic (exact) mass is 234 g/mol. The Bertz CT molecular complexity index is 521. The second kappa shape index (κ2) is 4.88. The van der Waals surface area contributed by atoms with Crippen LogP contribution in [0.4, 0.5) is 4.79 Å². The van der Waals surface area contributed by atoms with E-state index in [0.29, 0.717) is 0 Å². The van der Waals surface area contributed by atoms with Crippen molar-refractivity contribution < 1.29 is 15.0 Å². The number of carboxylic acid groups (broad SMARTS) is 1. The summed E-state index contributed by atoms with van der Waals surface area (Å²) < 4.78 is 0. The zero-order valence-electron chi connectivity index (χ0n) is 9.26. The average molecular weight is 234 g/mol. The number of hydrogen-bond acceptors (Lipinski definition) is 2. The van der Waals surface area contributed by atoms with E-state index >= 15 is 0 Å². The van der Waals surface area contributed by atoms with Crippen molar-refractivity contribution in [3.63, 3.8) is 0 Å². The number of nitrogens with one attached hydrogen (secondary N) is 1. The van der Waals surface area contributed by atoms with E-state index in [2.05, 4.69) is 4.98 Å². The highest BCUT2D eigenvalue weighted by molar-refractivity contribution is 5.82. The van der Waals surface area contributed by atoms with Gasteiger partial charge in [-0.15, -0.1) is 0 Å². The van der Waals surface area contributed by atoms with Crippen molar-refractivity contribution in [3.8, 4) is 0 Å². The fourth-order valence-electron chi connectivity index (χ4n) is 1.85. The number of carbonyl (C=O) groups is 1. The van der Waals surface area contributed by atoms with Gasteiger partial charge in [0.2, 0.25) is 0 Å². The number of hydrogen-bond donors (Lipinski definition) is 3. The van der Waals surface area contributed by atoms with Gasteiger partial charge in [-0.1, -0.05) is 18.2 Å². The molecule has 1 amide bonds. The number of amides is 1. The molecule has 5 nitrogen and oxygen atoms in total. The predicted octanol–water partition coefficient (Wildman–Crippen LogP) is 1.64. The Morgan fingerprint density at radius 3 is 2.88 bits per heavy atom. The number of nitrogens with zero attached hydrogens (tertiary/aromatic N) is 1. The summed E-state index contributed by atoms with van der Waals surface area (Å²) in [4.78, 5) is 15.3. The fraction of sp³-hybridized carbons (Fsp3) is 0.250. The highest BCUT2D eigenvalue weighted by Gasteiger charge is 2.13. The van der Waals surface area contributed by atoms with Gasteiger partial charge in [-0.05, 0) is 17.0 Å². The molecule has 3 N–H and O–H groups in total. The van der Waals surface area contributed by atoms with Crippen LogP contribution in [0.15, 0.2) is 30.5 Å². The van der Waals surface area contributed by atoms with Gasteiger partial charge in [0.25, 0.3) is 0 Å². The largest absolute Gasteiger partial charge is 0.465 e. The molecule has 0 fully saturated rings. The summed E-state index contributed by atoms with van der Waals surface area (Å²) >= 11 is 0. The molecule has 0 atom stereocenters. The van der Waals surface area contributed by atoms with Crippen molar-refractivity contribution in [2.45, 2.75) is 6.54 Å². The normalized spacial score (nSPS) is 10.6. The van der Waals surface area contributed by atoms with Crippen LogP contribution in [0.3, 0.4) is 0 Å². The van der Waals surface area contributed by atoms with Crippen molar-refractivity contribution >= 4 is 17.0 Å². The molecule has 0 saturated carbocycles. The van der Waals surface area contributed by atoms with Crippen LogP contribution >= 0.6 is 0 Å². The van der Waals surface area contributed by atoms with Crippen molar-refractivity contribution in [1.29, 1.82) is 0 Å². The first kappa shape index (κ1) is 11.5. The maximum atomic E-state index is 11.0. The smallest absolute Gasteiger partial charge is 0.407 e. The van der Waals surface area contributed by atoms with E-state index in [4.69, 9.17) is 10.2 Å². The van der Waals surface area contributed by atoms with E-state index in [1.807, 2.05) is 30.5 Å². The minimum absolute atomic E-state index is 0.117. The van der Waals surface area contributed by atoms with E-state index in [1.54, 1.807) is 0 Å². The number of aromatic nitrogens is 1. The highest BCUT2D eigenvalue weighted by Crippen LogP contribution is 2.18. The van der Waals surface area contributed by atoms with Crippen LogP contribution in [0.2, 0.25) is 0 Å². The molecular weight excluding hydrogens is 220 g/mol. The SMILES string of the molecule is O=C(O)N(CCO)Cc1cccc2cc[nH]c12. The molecule has 17 heavy (non-hydrogen) atoms. The number of fused-ring (bicyclic) bond motifs is 1. The molecule has 0 spiro atoms. The van der Waals surface area contributed by atoms with Gasteiger partial charge in [0.1, 0.15) is 0 Å². The second-order valence-corrected chi connectivity index (χ2v) is 3.79. The van der Waals surface area contributed by atoms with Crippen LogP contribution in [-0.4, -0.2) is 39.3 Å². The zero-order valence-corrected chi connectivity index (χ0v) is 9.26. The molecule has 1 aromatic carbocycles. The number of rotatable bonds is 4. The van der Waals surface area contributed by atoms with Gasteiger partial charge in [-0.25, -0.2) is 4.79 Å². The Kier molecular flexibility index (Phi) is 3.30. The number of aliphatic hydroxyl groups excluding tert-OH is 1. The number of aliphatic hydroxyl groups is 1. The maximum absolute atomic E-state index is 11.0. The Morgan fingerprint density at radius 2 is 2.18 bits per heavy atom. The molecule has 0 aliphatic rings. The summed E-state index contributed by atoms with van der Waals surface area (Å²) in [5, 5.41) is 18.9. The number of H-pyrrole nitrogens is 1. The molecule has 0 aliphatic carbocycles. The van der Waals surface area contributed by atoms with Crippen LogP contribution in [0.1, 0.15) is 5.56 Å². The Balaban J connectivity index is 2.27. The third-order valence-electron chi connectivity index (χ3n) is 2.68. The first-order chi connectivity index (χ1) is 8.22. The summed E-state index contributed by atoms with van der Waals surface area (Å²) in [5.74, 6) is 0. The van der Waals surface area contributed by atoms with Crippen molar-refractivity contribution in [1.82, 2.24) is 9.88 Å². The molecule has 0 bridgehead atoms. The van der Waals surface area contributed by atoms with Crippen molar-refractivity contribution in [3.05, 3.63) is 36.0 Å². The van der Waals surface area contributed by atoms with Crippen molar-refractivity contribution in [2.24, 2.45) is 0 Å². The third-order valence-corrected chi connectivity index (χ3v) is 2.68. The van der Waals surface area contributed by atoms with Gasteiger partial charge >= 0.3 is 6.09 Å². The van der Waals surface area contributed by atoms with E-state index in [0.717, 1.165) is 16.5 Å². The summed E-state index contributed by atoms with van der Waals surface area (Å²) in [6.07, 6.45) is 0.799. The molecule has 90 valence electrons. The maximum Gasteiger partial charge on any atom is 0.407 e. The summed E-state index contributed by atoms with van der Waals surface area (Å²) in [7, 11) is 0. The molecule has 1 heterocycles. The van der Waals surface area contributed by atoms with E-state index < -0.39 is 6.09 Å². The number of aromatic amines is 1. The van der Waals surface area contributed by atoms with E-state index in [-0.39, 0.29) is 19.7 Å². The van der Waals surface area contributed by atoms with Crippen LogP contribution in [-0.2, 0) is 6.54 Å². The van der Waals surface area contributed by atoms with Crippen LogP contribution in [0, 0.1) is 0 Å². The lowest BCUT2D eigenvalue weighted by atomic mass is 10.1. The van der Waals surface area contributed by atoms with E-state index in [1.165, 1.54) is 4.90 Å². The Morgan fingerprint density at radius 1 is 1.35 bits per heavy atom. The average Bonchev–Trinajstić information content (AvgIpc) is 2.77. The summed E-state index contributed by atoms with van der Waals surface area (Å²) in [5.41, 5.74) is 1.85. The third kappa shape index (κ3) is 2.39. The lowest BCUT2D eigenvalue weighted by Gasteiger charge is -2.18. The first-order valence-electron chi connectivity index (χ1n) is 5.36. The summed E-state index contributed by atoms with van der Waals surface area (Å²) in [6.45, 7) is 0.215. The lowest BCUT2D eigenvalue weighted by Crippen LogP contribution is -2.31. The van der Waals surface area contributed by atoms with Crippen LogP contribution < -0.4 is 0 Å². The molecule has 1 aromatic heterocycles. The minimum Gasteiger partial charge on any atom is -0.465 e. The quantitative estimate of drug-likeness (QED) is 0.752. The topological polar surface area (TPSA) is 76.6 Å². The fourth-order valence-corrected chi connectivity index (χ4v) is 1.85. The van der Waals surface area contributed by atoms with Gasteiger partial charge in [-0.2, -0.15) is 0 Å². The lowest BCUT2D eigenvalue weighted by molar-refractivity contribution is 0.129. The first-order valence-corrected chi connectivity index (χ1v) is 5.36. The number of benzene rings is 1. The van der Waals surface area contributed by atoms with Gasteiger partial charge in [0.05, 0.1) is 18.7 Å². The van der Waals surface area contributed by atoms with E-state index in [9.17, 15) is 4.79 Å². The Hall–Kier alpha value is -2.01. The predicted molar refractivity (Wildman–Crippen MR) is 63.8 cm³/mol. The molecular formula is C12H14N2O3. The molecule has 0 aliphatic heterocycles. The highest BCUT2D eigenvalue weighted by atomic mass is 16.4. The second-order valence-electron chi connectivity index (χ2n) is 3.79. The molecule has 5 heteroatoms. The van der Waals surface area contributed by atoms with Crippen LogP contribution in [0.25, 0.3) is 10.9 Å². The van der Waals surface area contributed by atoms with Crippen LogP contribution in [0.5, 0.6) is 0 Å². The number of para-hydroxylation sites is 1. The standard InChI is InChI=1S/C12H14N2O3/c15-7-6-14(12(16)17)8-10-3-1-2-9-4-5-13-11(9)10/h1-5,13,15H,6-8H2,(H,16,17). The van der Waals surface area contributed by atoms with Gasteiger partial charge in [-0.3, -0.25) is 0 Å². The van der Waals surface area contributed by atoms with Gasteiger partial charge < -0.3 is 20.1 Å². The van der Waals surface area contributed by atoms with Gasteiger partial charge in [0, 0.05) is 12.7 Å². The van der Waals surface area contributed by atoms with Crippen molar-refractivity contribution in [2.75, 3.05) is 13.2 Å². The summed E-state index contributed by atoms with van der Waals surface area (Å²) in [6, 6.07) is 7.68. The Labute approximate surface area is 98.3 Å². The minimum atomic E-state index is -1.03. The van der Waals surface area contributed by atoms with Gasteiger partial charge in [0.15, 0.2) is 0 Å². The molecule has 2 aromatic rings. The molecule has 0 saturated heterocycles. The molecule has 2 rings (SSSR count).